The second-order valence-electron chi connectivity index (χ2n) is 4.08. The van der Waals surface area contributed by atoms with Crippen molar-refractivity contribution in [3.63, 3.8) is 0 Å². The minimum atomic E-state index is -0.239. The van der Waals surface area contributed by atoms with Crippen LogP contribution >= 0.6 is 0 Å². The molecule has 1 aromatic heterocycles. The fourth-order valence-corrected chi connectivity index (χ4v) is 1.46. The molecular formula is C13H14N2O2. The van der Waals surface area contributed by atoms with E-state index in [0.29, 0.717) is 11.6 Å². The number of hydrogen-bond donors (Lipinski definition) is 1. The highest BCUT2D eigenvalue weighted by molar-refractivity contribution is 5.99. The summed E-state index contributed by atoms with van der Waals surface area (Å²) < 4.78 is 5.57. The van der Waals surface area contributed by atoms with Crippen molar-refractivity contribution in [3.05, 3.63) is 36.7 Å². The van der Waals surface area contributed by atoms with Crippen molar-refractivity contribution < 1.29 is 9.21 Å². The molecule has 0 fully saturated rings. The smallest absolute Gasteiger partial charge is 0.247 e. The van der Waals surface area contributed by atoms with E-state index >= 15 is 0 Å². The minimum Gasteiger partial charge on any atom is -0.440 e. The number of fused-ring (bicyclic) bond motifs is 1. The molecule has 4 nitrogen and oxygen atoms in total. The number of aromatic nitrogens is 1. The Labute approximate surface area is 99.3 Å². The van der Waals surface area contributed by atoms with Crippen LogP contribution in [0, 0.1) is 0 Å². The van der Waals surface area contributed by atoms with E-state index in [-0.39, 0.29) is 11.8 Å². The van der Waals surface area contributed by atoms with Crippen LogP contribution in [0.2, 0.25) is 0 Å². The van der Waals surface area contributed by atoms with Crippen LogP contribution < -0.4 is 5.32 Å². The Morgan fingerprint density at radius 2 is 2.29 bits per heavy atom. The van der Waals surface area contributed by atoms with Crippen molar-refractivity contribution in [1.82, 2.24) is 4.98 Å². The van der Waals surface area contributed by atoms with Crippen LogP contribution in [0.4, 0.5) is 5.69 Å². The number of anilines is 1. The summed E-state index contributed by atoms with van der Waals surface area (Å²) in [5.41, 5.74) is 2.16. The molecule has 0 spiro atoms. The number of nitrogens with one attached hydrogen (secondary N) is 1. The van der Waals surface area contributed by atoms with Gasteiger partial charge in [0.15, 0.2) is 11.5 Å². The van der Waals surface area contributed by atoms with E-state index in [1.165, 1.54) is 6.08 Å². The molecule has 4 heteroatoms. The van der Waals surface area contributed by atoms with E-state index in [9.17, 15) is 4.79 Å². The van der Waals surface area contributed by atoms with E-state index < -0.39 is 0 Å². The van der Waals surface area contributed by atoms with E-state index in [1.807, 2.05) is 13.8 Å². The monoisotopic (exact) mass is 230 g/mol. The van der Waals surface area contributed by atoms with Gasteiger partial charge in [0.05, 0.1) is 0 Å². The SMILES string of the molecule is C=CC(=O)Nc1ccc2oc(C(C)C)nc2c1. The molecule has 0 radical (unpaired) electrons. The molecule has 17 heavy (non-hydrogen) atoms. The third-order valence-corrected chi connectivity index (χ3v) is 2.35. The maximum absolute atomic E-state index is 11.2. The van der Waals surface area contributed by atoms with E-state index in [4.69, 9.17) is 4.42 Å². The fourth-order valence-electron chi connectivity index (χ4n) is 1.46. The molecule has 1 amide bonds. The lowest BCUT2D eigenvalue weighted by molar-refractivity contribution is -0.111. The Morgan fingerprint density at radius 3 is 2.94 bits per heavy atom. The lowest BCUT2D eigenvalue weighted by Gasteiger charge is -2.00. The van der Waals surface area contributed by atoms with Crippen LogP contribution in [-0.2, 0) is 4.79 Å². The molecule has 2 aromatic rings. The predicted octanol–water partition coefficient (Wildman–Crippen LogP) is 3.08. The number of carbonyl (C=O) groups excluding carboxylic acids is 1. The van der Waals surface area contributed by atoms with Crippen molar-refractivity contribution >= 4 is 22.7 Å². The highest BCUT2D eigenvalue weighted by Crippen LogP contribution is 2.23. The van der Waals surface area contributed by atoms with E-state index in [0.717, 1.165) is 11.1 Å². The molecule has 88 valence electrons. The summed E-state index contributed by atoms with van der Waals surface area (Å²) in [7, 11) is 0. The molecule has 1 aromatic carbocycles. The Bertz CT molecular complexity index is 570. The molecule has 0 unspecified atom stereocenters. The molecule has 0 saturated heterocycles. The molecule has 2 rings (SSSR count). The molecule has 0 aliphatic rings. The van der Waals surface area contributed by atoms with Gasteiger partial charge in [-0.1, -0.05) is 20.4 Å². The summed E-state index contributed by atoms with van der Waals surface area (Å²) in [4.78, 5) is 15.5. The summed E-state index contributed by atoms with van der Waals surface area (Å²) in [6.45, 7) is 7.44. The number of hydrogen-bond acceptors (Lipinski definition) is 3. The molecule has 0 aliphatic carbocycles. The van der Waals surface area contributed by atoms with Crippen molar-refractivity contribution in [2.24, 2.45) is 0 Å². The second-order valence-corrected chi connectivity index (χ2v) is 4.08. The summed E-state index contributed by atoms with van der Waals surface area (Å²) in [6, 6.07) is 5.36. The first kappa shape index (κ1) is 11.4. The van der Waals surface area contributed by atoms with Crippen LogP contribution in [0.3, 0.4) is 0 Å². The zero-order chi connectivity index (χ0) is 12.4. The Balaban J connectivity index is 2.36. The van der Waals surface area contributed by atoms with Crippen LogP contribution in [0.15, 0.2) is 35.3 Å². The zero-order valence-corrected chi connectivity index (χ0v) is 9.86. The molecule has 1 N–H and O–H groups in total. The van der Waals surface area contributed by atoms with E-state index in [2.05, 4.69) is 16.9 Å². The number of nitrogens with zero attached hydrogens (tertiary/aromatic N) is 1. The van der Waals surface area contributed by atoms with Gasteiger partial charge in [-0.2, -0.15) is 0 Å². The zero-order valence-electron chi connectivity index (χ0n) is 9.86. The van der Waals surface area contributed by atoms with Crippen molar-refractivity contribution in [3.8, 4) is 0 Å². The number of carbonyl (C=O) groups is 1. The van der Waals surface area contributed by atoms with Gasteiger partial charge in [0.1, 0.15) is 5.52 Å². The molecule has 1 heterocycles. The summed E-state index contributed by atoms with van der Waals surface area (Å²) in [6.07, 6.45) is 1.23. The summed E-state index contributed by atoms with van der Waals surface area (Å²) in [5.74, 6) is 0.706. The first-order valence-electron chi connectivity index (χ1n) is 5.44. The lowest BCUT2D eigenvalue weighted by Crippen LogP contribution is -2.06. The van der Waals surface area contributed by atoms with Gasteiger partial charge < -0.3 is 9.73 Å². The quantitative estimate of drug-likeness (QED) is 0.824. The third-order valence-electron chi connectivity index (χ3n) is 2.35. The lowest BCUT2D eigenvalue weighted by atomic mass is 10.2. The molecule has 0 saturated carbocycles. The average molecular weight is 230 g/mol. The van der Waals surface area contributed by atoms with Gasteiger partial charge in [-0.05, 0) is 24.3 Å². The van der Waals surface area contributed by atoms with Crippen LogP contribution in [0.5, 0.6) is 0 Å². The maximum atomic E-state index is 11.2. The Hall–Kier alpha value is -2.10. The van der Waals surface area contributed by atoms with Crippen LogP contribution in [0.25, 0.3) is 11.1 Å². The number of rotatable bonds is 3. The topological polar surface area (TPSA) is 55.1 Å². The predicted molar refractivity (Wildman–Crippen MR) is 66.9 cm³/mol. The Kier molecular flexibility index (Phi) is 2.95. The Morgan fingerprint density at radius 1 is 1.53 bits per heavy atom. The van der Waals surface area contributed by atoms with Gasteiger partial charge in [0.25, 0.3) is 0 Å². The summed E-state index contributed by atoms with van der Waals surface area (Å²) in [5, 5.41) is 2.68. The second kappa shape index (κ2) is 4.41. The van der Waals surface area contributed by atoms with Crippen LogP contribution in [-0.4, -0.2) is 10.9 Å². The minimum absolute atomic E-state index is 0.239. The molecular weight excluding hydrogens is 216 g/mol. The van der Waals surface area contributed by atoms with Gasteiger partial charge in [-0.15, -0.1) is 0 Å². The first-order chi connectivity index (χ1) is 8.10. The van der Waals surface area contributed by atoms with Gasteiger partial charge >= 0.3 is 0 Å². The van der Waals surface area contributed by atoms with Crippen LogP contribution in [0.1, 0.15) is 25.7 Å². The number of amides is 1. The van der Waals surface area contributed by atoms with Crippen molar-refractivity contribution in [1.29, 1.82) is 0 Å². The van der Waals surface area contributed by atoms with E-state index in [1.54, 1.807) is 18.2 Å². The molecule has 0 bridgehead atoms. The van der Waals surface area contributed by atoms with Crippen molar-refractivity contribution in [2.45, 2.75) is 19.8 Å². The average Bonchev–Trinajstić information content (AvgIpc) is 2.72. The molecule has 0 atom stereocenters. The van der Waals surface area contributed by atoms with Gasteiger partial charge in [-0.25, -0.2) is 4.98 Å². The number of oxazole rings is 1. The highest BCUT2D eigenvalue weighted by Gasteiger charge is 2.09. The van der Waals surface area contributed by atoms with Gasteiger partial charge in [-0.3, -0.25) is 4.79 Å². The summed E-state index contributed by atoms with van der Waals surface area (Å²) >= 11 is 0. The normalized spacial score (nSPS) is 10.8. The first-order valence-corrected chi connectivity index (χ1v) is 5.44. The molecule has 0 aliphatic heterocycles. The van der Waals surface area contributed by atoms with Crippen molar-refractivity contribution in [2.75, 3.05) is 5.32 Å². The van der Waals surface area contributed by atoms with Gasteiger partial charge in [0, 0.05) is 11.6 Å². The number of benzene rings is 1. The standard InChI is InChI=1S/C13H14N2O2/c1-4-12(16)14-9-5-6-11-10(7-9)15-13(17-11)8(2)3/h4-8H,1H2,2-3H3,(H,14,16). The van der Waals surface area contributed by atoms with Gasteiger partial charge in [0.2, 0.25) is 5.91 Å². The fraction of sp³-hybridized carbons (Fsp3) is 0.231. The maximum Gasteiger partial charge on any atom is 0.247 e. The highest BCUT2D eigenvalue weighted by atomic mass is 16.3. The third kappa shape index (κ3) is 2.36. The largest absolute Gasteiger partial charge is 0.440 e.